The molecule has 4 N–H and O–H groups in total. The van der Waals surface area contributed by atoms with Crippen molar-refractivity contribution in [3.63, 3.8) is 0 Å². The first-order chi connectivity index (χ1) is 16.5. The van der Waals surface area contributed by atoms with E-state index in [0.717, 1.165) is 17.4 Å². The molecule has 0 radical (unpaired) electrons. The third kappa shape index (κ3) is 7.13. The van der Waals surface area contributed by atoms with Crippen LogP contribution in [0.25, 0.3) is 0 Å². The first-order valence-corrected chi connectivity index (χ1v) is 11.3. The molecule has 1 heterocycles. The van der Waals surface area contributed by atoms with Gasteiger partial charge in [-0.05, 0) is 49.1 Å². The Morgan fingerprint density at radius 2 is 1.71 bits per heavy atom. The fourth-order valence-corrected chi connectivity index (χ4v) is 3.20. The number of amides is 1. The Bertz CT molecular complexity index is 1180. The van der Waals surface area contributed by atoms with Crippen LogP contribution >= 0.6 is 0 Å². The summed E-state index contributed by atoms with van der Waals surface area (Å²) in [4.78, 5) is 20.6. The first kappa shape index (κ1) is 25.9. The van der Waals surface area contributed by atoms with Crippen LogP contribution in [0.15, 0.2) is 54.7 Å². The maximum absolute atomic E-state index is 14.5. The standard InChI is InChI=1S/C26H32FN5O3/c1-25(2,3)17-8-6-9-18(14-17)30-22-21(27)16-29-24(32-22)31-19-10-7-11-20(15-19)35-26(4,5)23(34)28-12-13-33/h6-11,14-16,33H,12-13H2,1-5H3,(H,28,34)(H2,29,30,31,32). The van der Waals surface area contributed by atoms with E-state index >= 15 is 0 Å². The molecule has 186 valence electrons. The van der Waals surface area contributed by atoms with Crippen molar-refractivity contribution in [2.75, 3.05) is 23.8 Å². The highest BCUT2D eigenvalue weighted by atomic mass is 19.1. The van der Waals surface area contributed by atoms with Crippen LogP contribution in [0.2, 0.25) is 0 Å². The molecule has 0 aliphatic carbocycles. The molecule has 1 aromatic heterocycles. The molecule has 1 amide bonds. The third-order valence-corrected chi connectivity index (χ3v) is 5.14. The Labute approximate surface area is 205 Å². The maximum atomic E-state index is 14.5. The lowest BCUT2D eigenvalue weighted by Crippen LogP contribution is -2.47. The highest BCUT2D eigenvalue weighted by Gasteiger charge is 2.29. The lowest BCUT2D eigenvalue weighted by molar-refractivity contribution is -0.134. The molecule has 35 heavy (non-hydrogen) atoms. The van der Waals surface area contributed by atoms with E-state index in [1.54, 1.807) is 38.1 Å². The summed E-state index contributed by atoms with van der Waals surface area (Å²) in [5.74, 6) is -0.248. The van der Waals surface area contributed by atoms with Gasteiger partial charge >= 0.3 is 0 Å². The Kier molecular flexibility index (Phi) is 7.91. The van der Waals surface area contributed by atoms with E-state index in [4.69, 9.17) is 9.84 Å². The summed E-state index contributed by atoms with van der Waals surface area (Å²) in [5, 5.41) is 17.6. The largest absolute Gasteiger partial charge is 0.478 e. The Morgan fingerprint density at radius 1 is 1.03 bits per heavy atom. The fraction of sp³-hybridized carbons (Fsp3) is 0.346. The number of hydrogen-bond donors (Lipinski definition) is 4. The molecule has 9 heteroatoms. The van der Waals surface area contributed by atoms with Crippen molar-refractivity contribution >= 4 is 29.0 Å². The number of halogens is 1. The highest BCUT2D eigenvalue weighted by Crippen LogP contribution is 2.28. The zero-order valence-electron chi connectivity index (χ0n) is 20.6. The molecule has 2 aromatic carbocycles. The van der Waals surface area contributed by atoms with Crippen molar-refractivity contribution in [2.24, 2.45) is 0 Å². The predicted molar refractivity (Wildman–Crippen MR) is 135 cm³/mol. The van der Waals surface area contributed by atoms with Crippen LogP contribution in [0, 0.1) is 5.82 Å². The number of carbonyl (C=O) groups is 1. The number of carbonyl (C=O) groups excluding carboxylic acids is 1. The molecule has 0 aliphatic heterocycles. The number of nitrogens with zero attached hydrogens (tertiary/aromatic N) is 2. The lowest BCUT2D eigenvalue weighted by atomic mass is 9.87. The quantitative estimate of drug-likeness (QED) is 0.352. The third-order valence-electron chi connectivity index (χ3n) is 5.14. The van der Waals surface area contributed by atoms with E-state index in [2.05, 4.69) is 46.7 Å². The number of anilines is 4. The second kappa shape index (κ2) is 10.7. The Hall–Kier alpha value is -3.72. The number of rotatable bonds is 9. The van der Waals surface area contributed by atoms with Crippen LogP contribution in [0.5, 0.6) is 5.75 Å². The molecule has 0 spiro atoms. The van der Waals surface area contributed by atoms with E-state index in [1.165, 1.54) is 0 Å². The molecular formula is C26H32FN5O3. The summed E-state index contributed by atoms with van der Waals surface area (Å²) in [6.07, 6.45) is 1.10. The number of ether oxygens (including phenoxy) is 1. The Balaban J connectivity index is 1.75. The topological polar surface area (TPSA) is 108 Å². The van der Waals surface area contributed by atoms with E-state index in [1.807, 2.05) is 24.3 Å². The summed E-state index contributed by atoms with van der Waals surface area (Å²) >= 11 is 0. The van der Waals surface area contributed by atoms with Gasteiger partial charge in [0, 0.05) is 24.0 Å². The highest BCUT2D eigenvalue weighted by molar-refractivity contribution is 5.84. The van der Waals surface area contributed by atoms with Crippen molar-refractivity contribution in [2.45, 2.75) is 45.6 Å². The van der Waals surface area contributed by atoms with Crippen molar-refractivity contribution in [1.82, 2.24) is 15.3 Å². The second-order valence-electron chi connectivity index (χ2n) is 9.59. The van der Waals surface area contributed by atoms with Gasteiger partial charge in [0.1, 0.15) is 5.75 Å². The zero-order chi connectivity index (χ0) is 25.6. The number of hydrogen-bond acceptors (Lipinski definition) is 7. The minimum absolute atomic E-state index is 0.0441. The lowest BCUT2D eigenvalue weighted by Gasteiger charge is -2.25. The number of nitrogens with one attached hydrogen (secondary N) is 3. The van der Waals surface area contributed by atoms with Gasteiger partial charge < -0.3 is 25.8 Å². The zero-order valence-corrected chi connectivity index (χ0v) is 20.6. The minimum Gasteiger partial charge on any atom is -0.478 e. The molecule has 0 saturated carbocycles. The number of benzene rings is 2. The summed E-state index contributed by atoms with van der Waals surface area (Å²) in [7, 11) is 0. The summed E-state index contributed by atoms with van der Waals surface area (Å²) in [6.45, 7) is 9.59. The molecule has 0 bridgehead atoms. The van der Waals surface area contributed by atoms with Crippen molar-refractivity contribution < 1.29 is 19.0 Å². The van der Waals surface area contributed by atoms with Crippen molar-refractivity contribution in [3.05, 3.63) is 66.1 Å². The van der Waals surface area contributed by atoms with Gasteiger partial charge in [-0.3, -0.25) is 4.79 Å². The normalized spacial score (nSPS) is 11.6. The van der Waals surface area contributed by atoms with Gasteiger partial charge in [-0.25, -0.2) is 9.37 Å². The molecule has 0 unspecified atom stereocenters. The minimum atomic E-state index is -1.15. The van der Waals surface area contributed by atoms with Gasteiger partial charge in [-0.15, -0.1) is 0 Å². The van der Waals surface area contributed by atoms with Gasteiger partial charge in [0.25, 0.3) is 5.91 Å². The molecule has 0 fully saturated rings. The van der Waals surface area contributed by atoms with Gasteiger partial charge in [-0.2, -0.15) is 4.98 Å². The van der Waals surface area contributed by atoms with Gasteiger partial charge in [0.2, 0.25) is 5.95 Å². The van der Waals surface area contributed by atoms with Gasteiger partial charge in [0.15, 0.2) is 17.2 Å². The van der Waals surface area contributed by atoms with E-state index < -0.39 is 11.4 Å². The monoisotopic (exact) mass is 481 g/mol. The molecule has 8 nitrogen and oxygen atoms in total. The van der Waals surface area contributed by atoms with E-state index in [0.29, 0.717) is 11.4 Å². The van der Waals surface area contributed by atoms with Crippen LogP contribution in [-0.2, 0) is 10.2 Å². The molecule has 0 aliphatic rings. The van der Waals surface area contributed by atoms with E-state index in [9.17, 15) is 9.18 Å². The average Bonchev–Trinajstić information content (AvgIpc) is 2.79. The molecule has 0 saturated heterocycles. The van der Waals surface area contributed by atoms with Crippen molar-refractivity contribution in [3.8, 4) is 5.75 Å². The smallest absolute Gasteiger partial charge is 0.263 e. The van der Waals surface area contributed by atoms with Crippen LogP contribution in [0.1, 0.15) is 40.2 Å². The SMILES string of the molecule is CC(C)(Oc1cccc(Nc2ncc(F)c(Nc3cccc(C(C)(C)C)c3)n2)c1)C(=O)NCCO. The van der Waals surface area contributed by atoms with Gasteiger partial charge in [0.05, 0.1) is 12.8 Å². The number of aliphatic hydroxyl groups is 1. The molecule has 3 aromatic rings. The molecule has 0 atom stereocenters. The summed E-state index contributed by atoms with van der Waals surface area (Å²) < 4.78 is 20.3. The second-order valence-corrected chi connectivity index (χ2v) is 9.59. The maximum Gasteiger partial charge on any atom is 0.263 e. The van der Waals surface area contributed by atoms with Crippen LogP contribution in [0.3, 0.4) is 0 Å². The number of aliphatic hydroxyl groups excluding tert-OH is 1. The first-order valence-electron chi connectivity index (χ1n) is 11.3. The van der Waals surface area contributed by atoms with Crippen LogP contribution in [0.4, 0.5) is 27.5 Å². The van der Waals surface area contributed by atoms with E-state index in [-0.39, 0.29) is 36.2 Å². The summed E-state index contributed by atoms with van der Waals surface area (Å²) in [5.41, 5.74) is 1.23. The average molecular weight is 482 g/mol. The molecule has 3 rings (SSSR count). The predicted octanol–water partition coefficient (Wildman–Crippen LogP) is 4.67. The fourth-order valence-electron chi connectivity index (χ4n) is 3.20. The van der Waals surface area contributed by atoms with Crippen LogP contribution in [-0.4, -0.2) is 39.7 Å². The van der Waals surface area contributed by atoms with Crippen LogP contribution < -0.4 is 20.7 Å². The summed E-state index contributed by atoms with van der Waals surface area (Å²) in [6, 6.07) is 14.7. The molecular weight excluding hydrogens is 449 g/mol. The van der Waals surface area contributed by atoms with Crippen molar-refractivity contribution in [1.29, 1.82) is 0 Å². The Morgan fingerprint density at radius 3 is 2.40 bits per heavy atom. The number of aromatic nitrogens is 2. The van der Waals surface area contributed by atoms with Gasteiger partial charge in [-0.1, -0.05) is 39.0 Å².